The molecule has 6 nitrogen and oxygen atoms in total. The fourth-order valence-corrected chi connectivity index (χ4v) is 6.13. The smallest absolute Gasteiger partial charge is 0.282 e. The molecule has 4 unspecified atom stereocenters. The predicted molar refractivity (Wildman–Crippen MR) is 89.7 cm³/mol. The molecule has 0 aliphatic carbocycles. The molecule has 1 aromatic heterocycles. The Morgan fingerprint density at radius 3 is 2.43 bits per heavy atom. The predicted octanol–water partition coefficient (Wildman–Crippen LogP) is 1.11. The number of morpholine rings is 1. The standard InChI is InChI=1S/C15H24N2O4S2/c1-11-5-16(6-12(2)21-11)23(19,20)17-7-14(9-18)15(8-17)13-3-4-22-10-13/h3-4,10-12,14-15,18H,5-9H2,1-2H3. The minimum Gasteiger partial charge on any atom is -0.396 e. The number of nitrogens with zero attached hydrogens (tertiary/aromatic N) is 2. The molecule has 1 aromatic rings. The van der Waals surface area contributed by atoms with Gasteiger partial charge in [-0.3, -0.25) is 0 Å². The topological polar surface area (TPSA) is 70.1 Å². The summed E-state index contributed by atoms with van der Waals surface area (Å²) in [5, 5.41) is 13.7. The van der Waals surface area contributed by atoms with Crippen molar-refractivity contribution in [2.75, 3.05) is 32.8 Å². The highest BCUT2D eigenvalue weighted by Gasteiger charge is 2.43. The second kappa shape index (κ2) is 6.78. The van der Waals surface area contributed by atoms with Gasteiger partial charge in [-0.1, -0.05) is 0 Å². The van der Waals surface area contributed by atoms with Crippen LogP contribution in [0, 0.1) is 5.92 Å². The van der Waals surface area contributed by atoms with Crippen molar-refractivity contribution in [2.24, 2.45) is 5.92 Å². The Morgan fingerprint density at radius 2 is 1.87 bits per heavy atom. The zero-order chi connectivity index (χ0) is 16.6. The third kappa shape index (κ3) is 3.47. The molecular formula is C15H24N2O4S2. The van der Waals surface area contributed by atoms with Crippen molar-refractivity contribution in [1.82, 2.24) is 8.61 Å². The maximum Gasteiger partial charge on any atom is 0.282 e. The number of aliphatic hydroxyl groups is 1. The van der Waals surface area contributed by atoms with Crippen LogP contribution < -0.4 is 0 Å². The number of hydrogen-bond donors (Lipinski definition) is 1. The first-order valence-electron chi connectivity index (χ1n) is 7.95. The van der Waals surface area contributed by atoms with E-state index in [1.165, 1.54) is 8.61 Å². The maximum absolute atomic E-state index is 13.0. The molecule has 130 valence electrons. The quantitative estimate of drug-likeness (QED) is 0.873. The van der Waals surface area contributed by atoms with E-state index in [9.17, 15) is 13.5 Å². The molecule has 2 fully saturated rings. The minimum absolute atomic E-state index is 0.00243. The molecule has 0 bridgehead atoms. The molecule has 2 aliphatic rings. The number of thiophene rings is 1. The zero-order valence-corrected chi connectivity index (χ0v) is 15.1. The highest BCUT2D eigenvalue weighted by atomic mass is 32.2. The van der Waals surface area contributed by atoms with E-state index in [2.05, 4.69) is 0 Å². The summed E-state index contributed by atoms with van der Waals surface area (Å²) in [4.78, 5) is 0. The molecule has 3 rings (SSSR count). The van der Waals surface area contributed by atoms with Crippen LogP contribution in [0.3, 0.4) is 0 Å². The summed E-state index contributed by atoms with van der Waals surface area (Å²) in [6.45, 7) is 5.37. The molecule has 0 amide bonds. The van der Waals surface area contributed by atoms with Gasteiger partial charge >= 0.3 is 0 Å². The summed E-state index contributed by atoms with van der Waals surface area (Å²) in [5.41, 5.74) is 1.12. The Balaban J connectivity index is 1.78. The molecule has 1 N–H and O–H groups in total. The van der Waals surface area contributed by atoms with Gasteiger partial charge in [-0.05, 0) is 36.2 Å². The van der Waals surface area contributed by atoms with Crippen molar-refractivity contribution in [3.8, 4) is 0 Å². The molecule has 4 atom stereocenters. The van der Waals surface area contributed by atoms with Crippen LogP contribution in [0.5, 0.6) is 0 Å². The Labute approximate surface area is 141 Å². The van der Waals surface area contributed by atoms with E-state index in [0.717, 1.165) is 5.56 Å². The SMILES string of the molecule is CC1CN(S(=O)(=O)N2CC(CO)C(c3ccsc3)C2)CC(C)O1. The van der Waals surface area contributed by atoms with Gasteiger partial charge in [0.25, 0.3) is 10.2 Å². The third-order valence-electron chi connectivity index (χ3n) is 4.65. The van der Waals surface area contributed by atoms with Crippen LogP contribution >= 0.6 is 11.3 Å². The zero-order valence-electron chi connectivity index (χ0n) is 13.5. The lowest BCUT2D eigenvalue weighted by molar-refractivity contribution is -0.0453. The number of hydrogen-bond acceptors (Lipinski definition) is 5. The van der Waals surface area contributed by atoms with Crippen molar-refractivity contribution < 1.29 is 18.3 Å². The van der Waals surface area contributed by atoms with Gasteiger partial charge in [0.15, 0.2) is 0 Å². The van der Waals surface area contributed by atoms with E-state index < -0.39 is 10.2 Å². The summed E-state index contributed by atoms with van der Waals surface area (Å²) in [5.74, 6) is 0.0205. The summed E-state index contributed by atoms with van der Waals surface area (Å²) in [6, 6.07) is 2.02. The van der Waals surface area contributed by atoms with Gasteiger partial charge < -0.3 is 9.84 Å². The second-order valence-corrected chi connectivity index (χ2v) is 9.21. The molecule has 2 saturated heterocycles. The Bertz CT molecular complexity index is 609. The van der Waals surface area contributed by atoms with Gasteiger partial charge in [-0.2, -0.15) is 28.4 Å². The highest BCUT2D eigenvalue weighted by Crippen LogP contribution is 2.35. The Kier molecular flexibility index (Phi) is 5.10. The van der Waals surface area contributed by atoms with E-state index in [1.807, 2.05) is 30.7 Å². The van der Waals surface area contributed by atoms with Crippen molar-refractivity contribution in [1.29, 1.82) is 0 Å². The van der Waals surface area contributed by atoms with E-state index in [-0.39, 0.29) is 30.7 Å². The lowest BCUT2D eigenvalue weighted by Crippen LogP contribution is -2.52. The fourth-order valence-electron chi connectivity index (χ4n) is 3.55. The largest absolute Gasteiger partial charge is 0.396 e. The Hall–Kier alpha value is -0.510. The molecule has 0 radical (unpaired) electrons. The fraction of sp³-hybridized carbons (Fsp3) is 0.733. The second-order valence-electron chi connectivity index (χ2n) is 6.50. The minimum atomic E-state index is -3.52. The summed E-state index contributed by atoms with van der Waals surface area (Å²) in [7, 11) is -3.52. The summed E-state index contributed by atoms with van der Waals surface area (Å²) >= 11 is 1.60. The number of ether oxygens (including phenoxy) is 1. The van der Waals surface area contributed by atoms with E-state index >= 15 is 0 Å². The van der Waals surface area contributed by atoms with Gasteiger partial charge in [0.2, 0.25) is 0 Å². The Morgan fingerprint density at radius 1 is 1.22 bits per heavy atom. The third-order valence-corrected chi connectivity index (χ3v) is 7.25. The van der Waals surface area contributed by atoms with E-state index in [0.29, 0.717) is 26.2 Å². The summed E-state index contributed by atoms with van der Waals surface area (Å²) in [6.07, 6.45) is -0.199. The van der Waals surface area contributed by atoms with Crippen molar-refractivity contribution in [2.45, 2.75) is 32.0 Å². The van der Waals surface area contributed by atoms with Crippen LogP contribution in [0.25, 0.3) is 0 Å². The average molecular weight is 361 g/mol. The molecule has 2 aliphatic heterocycles. The maximum atomic E-state index is 13.0. The molecule has 8 heteroatoms. The van der Waals surface area contributed by atoms with Gasteiger partial charge in [0.05, 0.1) is 12.2 Å². The molecular weight excluding hydrogens is 336 g/mol. The first-order chi connectivity index (χ1) is 10.9. The monoisotopic (exact) mass is 360 g/mol. The van der Waals surface area contributed by atoms with E-state index in [4.69, 9.17) is 4.74 Å². The molecule has 0 aromatic carbocycles. The average Bonchev–Trinajstić information content (AvgIpc) is 3.15. The van der Waals surface area contributed by atoms with Crippen molar-refractivity contribution in [3.05, 3.63) is 22.4 Å². The van der Waals surface area contributed by atoms with Crippen LogP contribution in [0.1, 0.15) is 25.3 Å². The van der Waals surface area contributed by atoms with E-state index in [1.54, 1.807) is 11.3 Å². The first-order valence-corrected chi connectivity index (χ1v) is 10.3. The van der Waals surface area contributed by atoms with Crippen LogP contribution in [0.15, 0.2) is 16.8 Å². The normalized spacial score (nSPS) is 34.0. The molecule has 23 heavy (non-hydrogen) atoms. The van der Waals surface area contributed by atoms with Crippen molar-refractivity contribution >= 4 is 21.5 Å². The van der Waals surface area contributed by atoms with Crippen LogP contribution in [-0.2, 0) is 14.9 Å². The van der Waals surface area contributed by atoms with Gasteiger partial charge in [-0.25, -0.2) is 0 Å². The van der Waals surface area contributed by atoms with Gasteiger partial charge in [0, 0.05) is 44.6 Å². The molecule has 3 heterocycles. The first kappa shape index (κ1) is 17.3. The molecule has 0 saturated carbocycles. The van der Waals surface area contributed by atoms with Crippen LogP contribution in [0.2, 0.25) is 0 Å². The highest BCUT2D eigenvalue weighted by molar-refractivity contribution is 7.86. The number of rotatable bonds is 4. The number of aliphatic hydroxyl groups excluding tert-OH is 1. The van der Waals surface area contributed by atoms with Crippen LogP contribution in [-0.4, -0.2) is 67.1 Å². The lowest BCUT2D eigenvalue weighted by atomic mass is 9.92. The van der Waals surface area contributed by atoms with Crippen molar-refractivity contribution in [3.63, 3.8) is 0 Å². The van der Waals surface area contributed by atoms with Gasteiger partial charge in [0.1, 0.15) is 0 Å². The summed E-state index contributed by atoms with van der Waals surface area (Å²) < 4.78 is 34.6. The van der Waals surface area contributed by atoms with Crippen LogP contribution in [0.4, 0.5) is 0 Å². The molecule has 0 spiro atoms. The van der Waals surface area contributed by atoms with Gasteiger partial charge in [-0.15, -0.1) is 0 Å². The lowest BCUT2D eigenvalue weighted by Gasteiger charge is -2.36.